The van der Waals surface area contributed by atoms with E-state index in [4.69, 9.17) is 0 Å². The summed E-state index contributed by atoms with van der Waals surface area (Å²) in [6.07, 6.45) is 5.36. The highest BCUT2D eigenvalue weighted by Gasteiger charge is 2.09. The van der Waals surface area contributed by atoms with Crippen molar-refractivity contribution in [3.63, 3.8) is 0 Å². The summed E-state index contributed by atoms with van der Waals surface area (Å²) in [6, 6.07) is 5.97. The van der Waals surface area contributed by atoms with Gasteiger partial charge in [-0.05, 0) is 31.0 Å². The van der Waals surface area contributed by atoms with Crippen LogP contribution in [0.2, 0.25) is 0 Å². The number of rotatable bonds is 4. The second-order valence-corrected chi connectivity index (χ2v) is 5.20. The quantitative estimate of drug-likeness (QED) is 0.936. The van der Waals surface area contributed by atoms with Crippen LogP contribution in [0.3, 0.4) is 0 Å². The average molecular weight is 309 g/mol. The molecule has 0 amide bonds. The van der Waals surface area contributed by atoms with Gasteiger partial charge < -0.3 is 9.67 Å². The van der Waals surface area contributed by atoms with Crippen LogP contribution in [0.4, 0.5) is 0 Å². The van der Waals surface area contributed by atoms with Crippen LogP contribution in [0, 0.1) is 0 Å². The van der Waals surface area contributed by atoms with E-state index in [2.05, 4.69) is 32.4 Å². The maximum absolute atomic E-state index is 9.62. The smallest absolute Gasteiger partial charge is 0.113 e. The van der Waals surface area contributed by atoms with Crippen LogP contribution < -0.4 is 0 Å². The minimum atomic E-state index is -0.466. The lowest BCUT2D eigenvalue weighted by molar-refractivity contribution is 0.198. The Hall–Kier alpha value is -1.13. The van der Waals surface area contributed by atoms with Crippen molar-refractivity contribution in [3.8, 4) is 5.69 Å². The Bertz CT molecular complexity index is 534. The lowest BCUT2D eigenvalue weighted by atomic mass is 10.1. The molecular formula is C14H17BrN2O. The minimum absolute atomic E-state index is 0.466. The van der Waals surface area contributed by atoms with E-state index < -0.39 is 6.10 Å². The van der Waals surface area contributed by atoms with E-state index in [0.29, 0.717) is 0 Å². The lowest BCUT2D eigenvalue weighted by Gasteiger charge is -2.12. The molecule has 0 aliphatic carbocycles. The van der Waals surface area contributed by atoms with Crippen molar-refractivity contribution in [1.29, 1.82) is 0 Å². The van der Waals surface area contributed by atoms with Gasteiger partial charge in [-0.15, -0.1) is 0 Å². The van der Waals surface area contributed by atoms with Crippen LogP contribution in [0.15, 0.2) is 35.1 Å². The zero-order chi connectivity index (χ0) is 13.1. The van der Waals surface area contributed by atoms with E-state index >= 15 is 0 Å². The van der Waals surface area contributed by atoms with Crippen molar-refractivity contribution in [1.82, 2.24) is 9.55 Å². The first-order chi connectivity index (χ1) is 8.63. The van der Waals surface area contributed by atoms with Gasteiger partial charge in [-0.25, -0.2) is 4.98 Å². The van der Waals surface area contributed by atoms with Crippen LogP contribution in [0.1, 0.15) is 37.8 Å². The largest absolute Gasteiger partial charge is 0.389 e. The second-order valence-electron chi connectivity index (χ2n) is 4.35. The Morgan fingerprint density at radius 3 is 2.83 bits per heavy atom. The third kappa shape index (κ3) is 2.65. The Balaban J connectivity index is 2.39. The van der Waals surface area contributed by atoms with Crippen molar-refractivity contribution < 1.29 is 5.11 Å². The molecular weight excluding hydrogens is 292 g/mol. The van der Waals surface area contributed by atoms with Crippen molar-refractivity contribution in [2.45, 2.75) is 32.8 Å². The van der Waals surface area contributed by atoms with Crippen LogP contribution in [-0.2, 0) is 6.42 Å². The summed E-state index contributed by atoms with van der Waals surface area (Å²) in [4.78, 5) is 4.37. The first kappa shape index (κ1) is 13.3. The molecule has 1 atom stereocenters. The Labute approximate surface area is 116 Å². The van der Waals surface area contributed by atoms with E-state index in [1.807, 2.05) is 30.6 Å². The van der Waals surface area contributed by atoms with Crippen LogP contribution >= 0.6 is 15.9 Å². The highest BCUT2D eigenvalue weighted by atomic mass is 79.9. The van der Waals surface area contributed by atoms with Gasteiger partial charge in [0.15, 0.2) is 0 Å². The van der Waals surface area contributed by atoms with E-state index in [9.17, 15) is 5.11 Å². The van der Waals surface area contributed by atoms with Gasteiger partial charge in [-0.1, -0.05) is 28.9 Å². The molecule has 96 valence electrons. The topological polar surface area (TPSA) is 38.0 Å². The fourth-order valence-electron chi connectivity index (χ4n) is 1.98. The van der Waals surface area contributed by atoms with Gasteiger partial charge in [0.05, 0.1) is 6.10 Å². The molecule has 0 radical (unpaired) electrons. The highest BCUT2D eigenvalue weighted by molar-refractivity contribution is 9.10. The molecule has 0 aliphatic heterocycles. The third-order valence-corrected chi connectivity index (χ3v) is 3.59. The second kappa shape index (κ2) is 5.67. The molecule has 0 saturated carbocycles. The molecule has 1 aromatic heterocycles. The molecule has 1 N–H and O–H groups in total. The van der Waals surface area contributed by atoms with Crippen molar-refractivity contribution in [3.05, 3.63) is 46.5 Å². The summed E-state index contributed by atoms with van der Waals surface area (Å²) < 4.78 is 3.01. The highest BCUT2D eigenvalue weighted by Crippen LogP contribution is 2.26. The zero-order valence-electron chi connectivity index (χ0n) is 10.6. The Morgan fingerprint density at radius 2 is 2.22 bits per heavy atom. The molecule has 1 aromatic carbocycles. The standard InChI is InChI=1S/C14H17BrN2O/c1-3-4-14-16-7-8-17(14)11-5-6-12(10(2)18)13(15)9-11/h5-10,18H,3-4H2,1-2H3. The van der Waals surface area contributed by atoms with Crippen LogP contribution in [0.5, 0.6) is 0 Å². The summed E-state index contributed by atoms with van der Waals surface area (Å²) in [7, 11) is 0. The normalized spacial score (nSPS) is 12.7. The monoisotopic (exact) mass is 308 g/mol. The van der Waals surface area contributed by atoms with Crippen LogP contribution in [-0.4, -0.2) is 14.7 Å². The molecule has 2 rings (SSSR count). The maximum Gasteiger partial charge on any atom is 0.113 e. The third-order valence-electron chi connectivity index (χ3n) is 2.90. The molecule has 0 saturated heterocycles. The number of hydrogen-bond donors (Lipinski definition) is 1. The zero-order valence-corrected chi connectivity index (χ0v) is 12.2. The number of aliphatic hydroxyl groups is 1. The molecule has 4 heteroatoms. The van der Waals surface area contributed by atoms with E-state index in [1.165, 1.54) is 0 Å². The number of aryl methyl sites for hydroxylation is 1. The molecule has 0 fully saturated rings. The SMILES string of the molecule is CCCc1nccn1-c1ccc(C(C)O)c(Br)c1. The number of benzene rings is 1. The molecule has 0 aliphatic rings. The number of aliphatic hydroxyl groups excluding tert-OH is 1. The van der Waals surface area contributed by atoms with Crippen molar-refractivity contribution in [2.75, 3.05) is 0 Å². The first-order valence-corrected chi connectivity index (χ1v) is 6.93. The summed E-state index contributed by atoms with van der Waals surface area (Å²) in [6.45, 7) is 3.91. The molecule has 0 bridgehead atoms. The molecule has 1 heterocycles. The summed E-state index contributed by atoms with van der Waals surface area (Å²) in [5.74, 6) is 1.06. The van der Waals surface area contributed by atoms with Gasteiger partial charge in [0.25, 0.3) is 0 Å². The fourth-order valence-corrected chi connectivity index (χ4v) is 2.68. The van der Waals surface area contributed by atoms with Crippen molar-refractivity contribution >= 4 is 15.9 Å². The Kier molecular flexibility index (Phi) is 4.19. The van der Waals surface area contributed by atoms with Gasteiger partial charge in [-0.2, -0.15) is 0 Å². The number of halogens is 1. The summed E-state index contributed by atoms with van der Waals surface area (Å²) >= 11 is 3.50. The van der Waals surface area contributed by atoms with Crippen molar-refractivity contribution in [2.24, 2.45) is 0 Å². The Morgan fingerprint density at radius 1 is 1.44 bits per heavy atom. The summed E-state index contributed by atoms with van der Waals surface area (Å²) in [5.41, 5.74) is 1.96. The number of hydrogen-bond acceptors (Lipinski definition) is 2. The number of imidazole rings is 1. The lowest BCUT2D eigenvalue weighted by Crippen LogP contribution is -2.01. The van der Waals surface area contributed by atoms with Gasteiger partial charge in [0.1, 0.15) is 5.82 Å². The van der Waals surface area contributed by atoms with Gasteiger partial charge in [-0.3, -0.25) is 0 Å². The first-order valence-electron chi connectivity index (χ1n) is 6.13. The fraction of sp³-hybridized carbons (Fsp3) is 0.357. The predicted molar refractivity (Wildman–Crippen MR) is 75.9 cm³/mol. The maximum atomic E-state index is 9.62. The molecule has 18 heavy (non-hydrogen) atoms. The van der Waals surface area contributed by atoms with Gasteiger partial charge in [0.2, 0.25) is 0 Å². The van der Waals surface area contributed by atoms with E-state index in [0.717, 1.165) is 34.4 Å². The average Bonchev–Trinajstić information content (AvgIpc) is 2.77. The predicted octanol–water partition coefficient (Wildman–Crippen LogP) is 3.64. The number of nitrogens with zero attached hydrogens (tertiary/aromatic N) is 2. The minimum Gasteiger partial charge on any atom is -0.389 e. The van der Waals surface area contributed by atoms with Crippen LogP contribution in [0.25, 0.3) is 5.69 Å². The molecule has 1 unspecified atom stereocenters. The number of aromatic nitrogens is 2. The summed E-state index contributed by atoms with van der Waals surface area (Å²) in [5, 5.41) is 9.62. The van der Waals surface area contributed by atoms with Gasteiger partial charge in [0, 0.05) is 29.0 Å². The molecule has 3 nitrogen and oxygen atoms in total. The molecule has 2 aromatic rings. The van der Waals surface area contributed by atoms with E-state index in [-0.39, 0.29) is 0 Å². The van der Waals surface area contributed by atoms with E-state index in [1.54, 1.807) is 6.92 Å². The van der Waals surface area contributed by atoms with Gasteiger partial charge >= 0.3 is 0 Å². The molecule has 0 spiro atoms.